The van der Waals surface area contributed by atoms with Gasteiger partial charge in [-0.05, 0) is 25.5 Å². The molecular formula is C22H21N5O2S. The fourth-order valence-corrected chi connectivity index (χ4v) is 4.16. The Morgan fingerprint density at radius 3 is 2.73 bits per heavy atom. The highest BCUT2D eigenvalue weighted by atomic mass is 32.1. The Kier molecular flexibility index (Phi) is 5.85. The number of hydrogen-bond donors (Lipinski definition) is 0. The molecule has 4 aromatic rings. The number of rotatable bonds is 7. The highest BCUT2D eigenvalue weighted by Gasteiger charge is 2.12. The maximum atomic E-state index is 11.2. The lowest BCUT2D eigenvalue weighted by atomic mass is 10.1. The van der Waals surface area contributed by atoms with Gasteiger partial charge in [0.05, 0.1) is 22.6 Å². The molecule has 152 valence electrons. The minimum Gasteiger partial charge on any atom is -0.337 e. The third-order valence-electron chi connectivity index (χ3n) is 4.77. The van der Waals surface area contributed by atoms with Crippen molar-refractivity contribution in [1.29, 1.82) is 0 Å². The summed E-state index contributed by atoms with van der Waals surface area (Å²) in [7, 11) is 0. The topological polar surface area (TPSA) is 78.2 Å². The summed E-state index contributed by atoms with van der Waals surface area (Å²) in [5, 5.41) is 13.2. The number of imidazole rings is 1. The molecule has 0 aliphatic rings. The van der Waals surface area contributed by atoms with Crippen LogP contribution in [0, 0.1) is 17.0 Å². The molecule has 30 heavy (non-hydrogen) atoms. The Bertz CT molecular complexity index is 1210. The van der Waals surface area contributed by atoms with Crippen LogP contribution in [0.1, 0.15) is 12.0 Å². The van der Waals surface area contributed by atoms with E-state index in [-0.39, 0.29) is 10.6 Å². The fraction of sp³-hybridized carbons (Fsp3) is 0.182. The van der Waals surface area contributed by atoms with Crippen molar-refractivity contribution in [3.8, 4) is 11.3 Å². The number of nitro groups is 1. The van der Waals surface area contributed by atoms with Gasteiger partial charge in [0.1, 0.15) is 0 Å². The number of aromatic nitrogens is 3. The first-order valence-electron chi connectivity index (χ1n) is 9.60. The predicted molar refractivity (Wildman–Crippen MR) is 118 cm³/mol. The van der Waals surface area contributed by atoms with Gasteiger partial charge in [-0.1, -0.05) is 29.8 Å². The molecule has 0 bridgehead atoms. The van der Waals surface area contributed by atoms with E-state index in [4.69, 9.17) is 4.99 Å². The van der Waals surface area contributed by atoms with Crippen LogP contribution in [0.15, 0.2) is 77.6 Å². The summed E-state index contributed by atoms with van der Waals surface area (Å²) in [5.74, 6) is 0. The summed E-state index contributed by atoms with van der Waals surface area (Å²) in [6.07, 6.45) is 6.40. The molecule has 2 aromatic carbocycles. The van der Waals surface area contributed by atoms with E-state index in [0.29, 0.717) is 0 Å². The summed E-state index contributed by atoms with van der Waals surface area (Å²) >= 11 is 1.54. The first-order valence-corrected chi connectivity index (χ1v) is 10.5. The van der Waals surface area contributed by atoms with Crippen LogP contribution in [-0.2, 0) is 13.1 Å². The second kappa shape index (κ2) is 8.87. The van der Waals surface area contributed by atoms with E-state index in [1.54, 1.807) is 24.7 Å². The molecule has 0 spiro atoms. The van der Waals surface area contributed by atoms with Crippen molar-refractivity contribution in [1.82, 2.24) is 14.1 Å². The molecule has 0 aliphatic carbocycles. The maximum absolute atomic E-state index is 11.2. The molecular weight excluding hydrogens is 398 g/mol. The van der Waals surface area contributed by atoms with Gasteiger partial charge in [0.25, 0.3) is 5.69 Å². The van der Waals surface area contributed by atoms with Gasteiger partial charge in [0.2, 0.25) is 0 Å². The van der Waals surface area contributed by atoms with Crippen LogP contribution in [0.2, 0.25) is 0 Å². The van der Waals surface area contributed by atoms with E-state index in [1.165, 1.54) is 23.0 Å². The molecule has 0 N–H and O–H groups in total. The number of non-ortho nitro benzene ring substituents is 1. The van der Waals surface area contributed by atoms with Gasteiger partial charge < -0.3 is 9.13 Å². The fourth-order valence-electron chi connectivity index (χ4n) is 3.20. The molecule has 2 heterocycles. The van der Waals surface area contributed by atoms with Gasteiger partial charge >= 0.3 is 0 Å². The predicted octanol–water partition coefficient (Wildman–Crippen LogP) is 4.95. The molecule has 0 amide bonds. The van der Waals surface area contributed by atoms with E-state index in [9.17, 15) is 10.1 Å². The largest absolute Gasteiger partial charge is 0.337 e. The first kappa shape index (κ1) is 19.8. The molecule has 0 aliphatic heterocycles. The van der Waals surface area contributed by atoms with Crippen LogP contribution in [0.4, 0.5) is 11.4 Å². The van der Waals surface area contributed by atoms with Crippen molar-refractivity contribution >= 4 is 22.7 Å². The van der Waals surface area contributed by atoms with Crippen LogP contribution in [0.25, 0.3) is 11.3 Å². The number of nitrogens with zero attached hydrogens (tertiary/aromatic N) is 5. The second-order valence-electron chi connectivity index (χ2n) is 6.96. The Balaban J connectivity index is 1.72. The van der Waals surface area contributed by atoms with E-state index < -0.39 is 0 Å². The van der Waals surface area contributed by atoms with Crippen LogP contribution in [-0.4, -0.2) is 19.0 Å². The standard InChI is InChI=1S/C22H21N5O2S/c1-17-6-8-19(9-7-17)24-22-26(12-3-11-25-13-10-23-16-25)21(15-30-22)18-4-2-5-20(14-18)27(28)29/h2,4-10,13-16H,3,11-12H2,1H3. The highest BCUT2D eigenvalue weighted by Crippen LogP contribution is 2.25. The van der Waals surface area contributed by atoms with Crippen LogP contribution in [0.3, 0.4) is 0 Å². The zero-order chi connectivity index (χ0) is 20.9. The van der Waals surface area contributed by atoms with Gasteiger partial charge in [0.15, 0.2) is 4.80 Å². The molecule has 7 nitrogen and oxygen atoms in total. The summed E-state index contributed by atoms with van der Waals surface area (Å²) in [6.45, 7) is 3.62. The zero-order valence-corrected chi connectivity index (χ0v) is 17.3. The smallest absolute Gasteiger partial charge is 0.270 e. The Hall–Kier alpha value is -3.52. The lowest BCUT2D eigenvalue weighted by molar-refractivity contribution is -0.384. The van der Waals surface area contributed by atoms with E-state index >= 15 is 0 Å². The SMILES string of the molecule is Cc1ccc(N=c2scc(-c3cccc([N+](=O)[O-])c3)n2CCCn2ccnc2)cc1. The average Bonchev–Trinajstić information content (AvgIpc) is 3.40. The van der Waals surface area contributed by atoms with Crippen LogP contribution in [0.5, 0.6) is 0 Å². The third-order valence-corrected chi connectivity index (χ3v) is 5.63. The third kappa shape index (κ3) is 4.55. The van der Waals surface area contributed by atoms with E-state index in [1.807, 2.05) is 53.4 Å². The van der Waals surface area contributed by atoms with Crippen LogP contribution < -0.4 is 4.80 Å². The van der Waals surface area contributed by atoms with Crippen molar-refractivity contribution in [2.24, 2.45) is 4.99 Å². The monoisotopic (exact) mass is 419 g/mol. The number of benzene rings is 2. The molecule has 0 saturated heterocycles. The molecule has 4 rings (SSSR count). The lowest BCUT2D eigenvalue weighted by Gasteiger charge is -2.10. The van der Waals surface area contributed by atoms with Crippen molar-refractivity contribution in [2.75, 3.05) is 0 Å². The number of nitro benzene ring substituents is 1. The number of hydrogen-bond acceptors (Lipinski definition) is 5. The summed E-state index contributed by atoms with van der Waals surface area (Å²) < 4.78 is 4.18. The number of thiazole rings is 1. The van der Waals surface area contributed by atoms with Gasteiger partial charge in [-0.3, -0.25) is 10.1 Å². The molecule has 0 atom stereocenters. The Morgan fingerprint density at radius 1 is 1.17 bits per heavy atom. The Morgan fingerprint density at radius 2 is 2.00 bits per heavy atom. The highest BCUT2D eigenvalue weighted by molar-refractivity contribution is 7.07. The normalized spacial score (nSPS) is 11.7. The number of aryl methyl sites for hydroxylation is 2. The van der Waals surface area contributed by atoms with E-state index in [2.05, 4.69) is 9.55 Å². The molecule has 0 saturated carbocycles. The zero-order valence-electron chi connectivity index (χ0n) is 16.5. The maximum Gasteiger partial charge on any atom is 0.270 e. The minimum atomic E-state index is -0.364. The first-order chi connectivity index (χ1) is 14.6. The lowest BCUT2D eigenvalue weighted by Crippen LogP contribution is -2.17. The molecule has 0 unspecified atom stereocenters. The van der Waals surface area contributed by atoms with Gasteiger partial charge in [-0.15, -0.1) is 11.3 Å². The van der Waals surface area contributed by atoms with Gasteiger partial charge in [0, 0.05) is 48.6 Å². The average molecular weight is 420 g/mol. The van der Waals surface area contributed by atoms with Gasteiger partial charge in [-0.25, -0.2) is 9.98 Å². The summed E-state index contributed by atoms with van der Waals surface area (Å²) in [5.41, 5.74) is 3.90. The molecule has 2 aromatic heterocycles. The van der Waals surface area contributed by atoms with E-state index in [0.717, 1.165) is 41.3 Å². The van der Waals surface area contributed by atoms with Crippen molar-refractivity contribution in [3.05, 3.63) is 93.1 Å². The van der Waals surface area contributed by atoms with Crippen molar-refractivity contribution in [3.63, 3.8) is 0 Å². The summed E-state index contributed by atoms with van der Waals surface area (Å²) in [6, 6.07) is 14.8. The van der Waals surface area contributed by atoms with Gasteiger partial charge in [-0.2, -0.15) is 0 Å². The molecule has 0 fully saturated rings. The van der Waals surface area contributed by atoms with Crippen molar-refractivity contribution in [2.45, 2.75) is 26.4 Å². The minimum absolute atomic E-state index is 0.0840. The second-order valence-corrected chi connectivity index (χ2v) is 7.80. The summed E-state index contributed by atoms with van der Waals surface area (Å²) in [4.78, 5) is 20.6. The van der Waals surface area contributed by atoms with Crippen molar-refractivity contribution < 1.29 is 4.92 Å². The van der Waals surface area contributed by atoms with Crippen LogP contribution >= 0.6 is 11.3 Å². The quantitative estimate of drug-likeness (QED) is 0.314. The molecule has 8 heteroatoms. The molecule has 0 radical (unpaired) electrons. The Labute approximate surface area is 177 Å².